The third kappa shape index (κ3) is 4.40. The van der Waals surface area contributed by atoms with Crippen LogP contribution in [0.1, 0.15) is 12.8 Å². The quantitative estimate of drug-likeness (QED) is 0.727. The van der Waals surface area contributed by atoms with Gasteiger partial charge in [-0.15, -0.1) is 0 Å². The number of imide groups is 1. The zero-order valence-electron chi connectivity index (χ0n) is 14.3. The number of cyclic esters (lactones) is 1. The Balaban J connectivity index is 1.50. The van der Waals surface area contributed by atoms with Crippen molar-refractivity contribution in [1.82, 2.24) is 14.5 Å². The van der Waals surface area contributed by atoms with Crippen LogP contribution in [0.4, 0.5) is 4.79 Å². The Morgan fingerprint density at radius 2 is 2.11 bits per heavy atom. The molecule has 1 N–H and O–H groups in total. The zero-order chi connectivity index (χ0) is 19.6. The molecule has 2 aliphatic rings. The van der Waals surface area contributed by atoms with Crippen LogP contribution in [0, 0.1) is 0 Å². The van der Waals surface area contributed by atoms with Crippen molar-refractivity contribution in [3.05, 3.63) is 29.3 Å². The molecule has 2 saturated heterocycles. The van der Waals surface area contributed by atoms with Crippen molar-refractivity contribution in [2.75, 3.05) is 26.2 Å². The van der Waals surface area contributed by atoms with E-state index in [1.807, 2.05) is 0 Å². The van der Waals surface area contributed by atoms with Crippen molar-refractivity contribution in [3.63, 3.8) is 0 Å². The van der Waals surface area contributed by atoms with Gasteiger partial charge in [-0.3, -0.25) is 9.59 Å². The summed E-state index contributed by atoms with van der Waals surface area (Å²) in [6.45, 7) is 0.274. The normalized spacial score (nSPS) is 20.3. The van der Waals surface area contributed by atoms with Gasteiger partial charge in [0.2, 0.25) is 15.9 Å². The lowest BCUT2D eigenvalue weighted by molar-refractivity contribution is -0.131. The Morgan fingerprint density at radius 3 is 2.78 bits per heavy atom. The summed E-state index contributed by atoms with van der Waals surface area (Å²) >= 11 is 5.80. The number of nitrogens with one attached hydrogen (secondary N) is 1. The van der Waals surface area contributed by atoms with Crippen LogP contribution < -0.4 is 4.72 Å². The zero-order valence-corrected chi connectivity index (χ0v) is 15.8. The summed E-state index contributed by atoms with van der Waals surface area (Å²) in [5.41, 5.74) is 0. The third-order valence-corrected chi connectivity index (χ3v) is 6.10. The topological polar surface area (TPSA) is 113 Å². The standard InChI is InChI=1S/C16H18ClN3O6S/c17-11-2-1-3-13(8-11)27(24,25)18-6-4-14(21)19-7-5-12(9-19)20-15(22)10-26-16(20)23/h1-3,8,12,18H,4-7,9-10H2. The summed E-state index contributed by atoms with van der Waals surface area (Å²) in [4.78, 5) is 38.1. The van der Waals surface area contributed by atoms with Crippen LogP contribution in [0.2, 0.25) is 5.02 Å². The van der Waals surface area contributed by atoms with E-state index in [0.717, 1.165) is 4.90 Å². The maximum atomic E-state index is 12.3. The van der Waals surface area contributed by atoms with Gasteiger partial charge in [0.25, 0.3) is 5.91 Å². The van der Waals surface area contributed by atoms with Gasteiger partial charge >= 0.3 is 6.09 Å². The van der Waals surface area contributed by atoms with Gasteiger partial charge in [0.15, 0.2) is 6.61 Å². The van der Waals surface area contributed by atoms with Crippen molar-refractivity contribution in [2.24, 2.45) is 0 Å². The minimum atomic E-state index is -3.76. The molecule has 1 unspecified atom stereocenters. The number of sulfonamides is 1. The van der Waals surface area contributed by atoms with Crippen LogP contribution in [0.5, 0.6) is 0 Å². The highest BCUT2D eigenvalue weighted by Crippen LogP contribution is 2.20. The van der Waals surface area contributed by atoms with Gasteiger partial charge in [0.05, 0.1) is 10.9 Å². The average molecular weight is 416 g/mol. The van der Waals surface area contributed by atoms with E-state index in [1.54, 1.807) is 6.07 Å². The summed E-state index contributed by atoms with van der Waals surface area (Å²) in [7, 11) is -3.76. The van der Waals surface area contributed by atoms with E-state index in [0.29, 0.717) is 18.0 Å². The van der Waals surface area contributed by atoms with Gasteiger partial charge in [0, 0.05) is 31.1 Å². The predicted octanol–water partition coefficient (Wildman–Crippen LogP) is 0.588. The number of amides is 3. The molecule has 9 nitrogen and oxygen atoms in total. The lowest BCUT2D eigenvalue weighted by atomic mass is 10.2. The minimum absolute atomic E-state index is 0.0229. The van der Waals surface area contributed by atoms with Crippen LogP contribution in [-0.4, -0.2) is 68.4 Å². The second-order valence-corrected chi connectivity index (χ2v) is 8.41. The Labute approximate surface area is 161 Å². The van der Waals surface area contributed by atoms with E-state index in [-0.39, 0.29) is 36.9 Å². The van der Waals surface area contributed by atoms with E-state index < -0.39 is 28.1 Å². The van der Waals surface area contributed by atoms with Crippen molar-refractivity contribution in [2.45, 2.75) is 23.8 Å². The molecule has 3 rings (SSSR count). The predicted molar refractivity (Wildman–Crippen MR) is 94.4 cm³/mol. The molecule has 11 heteroatoms. The van der Waals surface area contributed by atoms with Gasteiger partial charge in [0.1, 0.15) is 0 Å². The van der Waals surface area contributed by atoms with Gasteiger partial charge in [-0.1, -0.05) is 17.7 Å². The molecular formula is C16H18ClN3O6S. The van der Waals surface area contributed by atoms with Crippen LogP contribution in [0.15, 0.2) is 29.2 Å². The number of carbonyl (C=O) groups excluding carboxylic acids is 3. The Kier molecular flexibility index (Phi) is 5.68. The summed E-state index contributed by atoms with van der Waals surface area (Å²) in [5, 5.41) is 0.298. The number of carbonyl (C=O) groups is 3. The minimum Gasteiger partial charge on any atom is -0.439 e. The highest BCUT2D eigenvalue weighted by molar-refractivity contribution is 7.89. The first kappa shape index (κ1) is 19.6. The van der Waals surface area contributed by atoms with Gasteiger partial charge in [-0.25, -0.2) is 22.8 Å². The summed E-state index contributed by atoms with van der Waals surface area (Å²) in [6.07, 6.45) is -0.250. The maximum Gasteiger partial charge on any atom is 0.417 e. The van der Waals surface area contributed by atoms with Crippen LogP contribution in [-0.2, 0) is 24.3 Å². The van der Waals surface area contributed by atoms with E-state index >= 15 is 0 Å². The fraction of sp³-hybridized carbons (Fsp3) is 0.438. The summed E-state index contributed by atoms with van der Waals surface area (Å²) in [6, 6.07) is 5.42. The molecule has 2 heterocycles. The molecule has 0 saturated carbocycles. The summed E-state index contributed by atoms with van der Waals surface area (Å²) < 4.78 is 31.4. The molecule has 0 bridgehead atoms. The maximum absolute atomic E-state index is 12.3. The largest absolute Gasteiger partial charge is 0.439 e. The smallest absolute Gasteiger partial charge is 0.417 e. The van der Waals surface area contributed by atoms with Crippen LogP contribution in [0.3, 0.4) is 0 Å². The SMILES string of the molecule is O=C(CCNS(=O)(=O)c1cccc(Cl)c1)N1CCC(N2C(=O)COC2=O)C1. The first-order chi connectivity index (χ1) is 12.8. The second kappa shape index (κ2) is 7.83. The molecule has 146 valence electrons. The van der Waals surface area contributed by atoms with E-state index in [2.05, 4.69) is 9.46 Å². The number of ether oxygens (including phenoxy) is 1. The lowest BCUT2D eigenvalue weighted by Crippen LogP contribution is -2.42. The Hall–Kier alpha value is -2.17. The Morgan fingerprint density at radius 1 is 1.33 bits per heavy atom. The molecule has 1 aromatic carbocycles. The van der Waals surface area contributed by atoms with Crippen molar-refractivity contribution < 1.29 is 27.5 Å². The fourth-order valence-corrected chi connectivity index (χ4v) is 4.40. The first-order valence-electron chi connectivity index (χ1n) is 8.30. The van der Waals surface area contributed by atoms with E-state index in [9.17, 15) is 22.8 Å². The van der Waals surface area contributed by atoms with Gasteiger partial charge in [-0.2, -0.15) is 0 Å². The van der Waals surface area contributed by atoms with Crippen molar-refractivity contribution in [1.29, 1.82) is 0 Å². The molecule has 0 aromatic heterocycles. The number of rotatable bonds is 6. The fourth-order valence-electron chi connectivity index (χ4n) is 3.06. The molecule has 3 amide bonds. The molecule has 1 atom stereocenters. The number of nitrogens with zero attached hydrogens (tertiary/aromatic N) is 2. The van der Waals surface area contributed by atoms with E-state index in [1.165, 1.54) is 23.1 Å². The van der Waals surface area contributed by atoms with E-state index in [4.69, 9.17) is 11.6 Å². The molecule has 0 aliphatic carbocycles. The van der Waals surface area contributed by atoms with Crippen molar-refractivity contribution in [3.8, 4) is 0 Å². The summed E-state index contributed by atoms with van der Waals surface area (Å²) in [5.74, 6) is -0.667. The highest BCUT2D eigenvalue weighted by Gasteiger charge is 2.41. The molecule has 1 aromatic rings. The monoisotopic (exact) mass is 415 g/mol. The molecule has 27 heavy (non-hydrogen) atoms. The average Bonchev–Trinajstić information content (AvgIpc) is 3.21. The highest BCUT2D eigenvalue weighted by atomic mass is 35.5. The van der Waals surface area contributed by atoms with Gasteiger partial charge in [-0.05, 0) is 24.6 Å². The van der Waals surface area contributed by atoms with Crippen molar-refractivity contribution >= 4 is 39.5 Å². The number of hydrogen-bond acceptors (Lipinski definition) is 6. The molecule has 0 radical (unpaired) electrons. The molecule has 2 fully saturated rings. The number of benzene rings is 1. The number of hydrogen-bond donors (Lipinski definition) is 1. The second-order valence-electron chi connectivity index (χ2n) is 6.21. The van der Waals surface area contributed by atoms with Crippen LogP contribution >= 0.6 is 11.6 Å². The van der Waals surface area contributed by atoms with Gasteiger partial charge < -0.3 is 9.64 Å². The third-order valence-electron chi connectivity index (χ3n) is 4.40. The Bertz CT molecular complexity index is 859. The van der Waals surface area contributed by atoms with Crippen LogP contribution in [0.25, 0.3) is 0 Å². The number of halogens is 1. The lowest BCUT2D eigenvalue weighted by Gasteiger charge is -2.20. The number of likely N-dealkylation sites (tertiary alicyclic amines) is 1. The first-order valence-corrected chi connectivity index (χ1v) is 10.2. The molecule has 0 spiro atoms. The molecular weight excluding hydrogens is 398 g/mol. The molecule has 2 aliphatic heterocycles.